The molecule has 0 unspecified atom stereocenters. The molecule has 3 atom stereocenters. The molecule has 0 amide bonds. The quantitative estimate of drug-likeness (QED) is 0.559. The van der Waals surface area contributed by atoms with E-state index < -0.39 is 0 Å². The highest BCUT2D eigenvalue weighted by atomic mass is 16.5. The minimum atomic E-state index is -0.244. The summed E-state index contributed by atoms with van der Waals surface area (Å²) < 4.78 is 10.3. The standard InChI is InChI=1S/C11H19NO3/c1-3-4-9-5-8(12)6-10(15-9)7-11(13)14-2/h3,8-10H,1,4-7,12H2,2H3/t8-,9-,10-/m0/s1. The third kappa shape index (κ3) is 4.01. The Labute approximate surface area is 90.4 Å². The number of methoxy groups -OCH3 is 1. The van der Waals surface area contributed by atoms with Gasteiger partial charge in [-0.05, 0) is 19.3 Å². The fourth-order valence-electron chi connectivity index (χ4n) is 1.89. The third-order valence-electron chi connectivity index (χ3n) is 2.57. The molecule has 0 aliphatic carbocycles. The van der Waals surface area contributed by atoms with Crippen molar-refractivity contribution in [1.82, 2.24) is 0 Å². The van der Waals surface area contributed by atoms with Gasteiger partial charge >= 0.3 is 5.97 Å². The first kappa shape index (κ1) is 12.2. The van der Waals surface area contributed by atoms with Crippen LogP contribution < -0.4 is 5.73 Å². The number of esters is 1. The van der Waals surface area contributed by atoms with Gasteiger partial charge < -0.3 is 15.2 Å². The molecule has 1 aliphatic rings. The first-order chi connectivity index (χ1) is 7.15. The Morgan fingerprint density at radius 3 is 2.87 bits per heavy atom. The Bertz CT molecular complexity index is 230. The molecule has 0 aromatic carbocycles. The van der Waals surface area contributed by atoms with Crippen LogP contribution in [0.3, 0.4) is 0 Å². The van der Waals surface area contributed by atoms with Gasteiger partial charge in [0.2, 0.25) is 0 Å². The summed E-state index contributed by atoms with van der Waals surface area (Å²) in [5, 5.41) is 0. The molecule has 0 aromatic heterocycles. The highest BCUT2D eigenvalue weighted by molar-refractivity contribution is 5.69. The summed E-state index contributed by atoms with van der Waals surface area (Å²) in [7, 11) is 1.38. The van der Waals surface area contributed by atoms with Crippen LogP contribution in [0.15, 0.2) is 12.7 Å². The van der Waals surface area contributed by atoms with E-state index in [0.29, 0.717) is 0 Å². The minimum absolute atomic E-state index is 0.0981. The second kappa shape index (κ2) is 5.88. The number of hydrogen-bond donors (Lipinski definition) is 1. The largest absolute Gasteiger partial charge is 0.469 e. The fourth-order valence-corrected chi connectivity index (χ4v) is 1.89. The topological polar surface area (TPSA) is 61.6 Å². The number of hydrogen-bond acceptors (Lipinski definition) is 4. The van der Waals surface area contributed by atoms with Gasteiger partial charge in [0.1, 0.15) is 0 Å². The van der Waals surface area contributed by atoms with Crippen LogP contribution in [0.1, 0.15) is 25.7 Å². The van der Waals surface area contributed by atoms with E-state index in [9.17, 15) is 4.79 Å². The zero-order valence-corrected chi connectivity index (χ0v) is 9.15. The summed E-state index contributed by atoms with van der Waals surface area (Å²) in [6.45, 7) is 3.67. The number of ether oxygens (including phenoxy) is 2. The van der Waals surface area contributed by atoms with Crippen molar-refractivity contribution in [1.29, 1.82) is 0 Å². The maximum absolute atomic E-state index is 11.1. The zero-order chi connectivity index (χ0) is 11.3. The van der Waals surface area contributed by atoms with Crippen molar-refractivity contribution in [3.8, 4) is 0 Å². The van der Waals surface area contributed by atoms with Crippen molar-refractivity contribution < 1.29 is 14.3 Å². The Balaban J connectivity index is 2.43. The molecule has 2 N–H and O–H groups in total. The Kier molecular flexibility index (Phi) is 4.78. The summed E-state index contributed by atoms with van der Waals surface area (Å²) in [4.78, 5) is 11.1. The number of carbonyl (C=O) groups excluding carboxylic acids is 1. The van der Waals surface area contributed by atoms with Crippen LogP contribution in [0.2, 0.25) is 0 Å². The zero-order valence-electron chi connectivity index (χ0n) is 9.15. The van der Waals surface area contributed by atoms with Gasteiger partial charge in [0.15, 0.2) is 0 Å². The maximum atomic E-state index is 11.1. The molecule has 0 bridgehead atoms. The first-order valence-electron chi connectivity index (χ1n) is 5.24. The van der Waals surface area contributed by atoms with Crippen LogP contribution in [0.4, 0.5) is 0 Å². The molecule has 4 nitrogen and oxygen atoms in total. The van der Waals surface area contributed by atoms with Crippen LogP contribution in [-0.2, 0) is 14.3 Å². The summed E-state index contributed by atoms with van der Waals surface area (Å²) in [6.07, 6.45) is 4.44. The van der Waals surface area contributed by atoms with Crippen molar-refractivity contribution >= 4 is 5.97 Å². The molecule has 86 valence electrons. The van der Waals surface area contributed by atoms with Gasteiger partial charge in [-0.2, -0.15) is 0 Å². The average Bonchev–Trinajstić information content (AvgIpc) is 2.17. The van der Waals surface area contributed by atoms with Gasteiger partial charge in [-0.1, -0.05) is 6.08 Å². The summed E-state index contributed by atoms with van der Waals surface area (Å²) in [6, 6.07) is 0.110. The van der Waals surface area contributed by atoms with Gasteiger partial charge in [-0.25, -0.2) is 0 Å². The second-order valence-corrected chi connectivity index (χ2v) is 3.92. The van der Waals surface area contributed by atoms with E-state index in [1.54, 1.807) is 0 Å². The molecule has 0 saturated carbocycles. The lowest BCUT2D eigenvalue weighted by Gasteiger charge is -2.32. The summed E-state index contributed by atoms with van der Waals surface area (Å²) in [5.41, 5.74) is 5.90. The van der Waals surface area contributed by atoms with Crippen LogP contribution in [0.5, 0.6) is 0 Å². The highest BCUT2D eigenvalue weighted by Crippen LogP contribution is 2.23. The number of carbonyl (C=O) groups is 1. The van der Waals surface area contributed by atoms with E-state index in [0.717, 1.165) is 19.3 Å². The Morgan fingerprint density at radius 2 is 2.27 bits per heavy atom. The predicted molar refractivity (Wildman–Crippen MR) is 57.3 cm³/mol. The van der Waals surface area contributed by atoms with Crippen LogP contribution in [0, 0.1) is 0 Å². The van der Waals surface area contributed by atoms with Gasteiger partial charge in [0, 0.05) is 6.04 Å². The summed E-state index contributed by atoms with van der Waals surface area (Å²) >= 11 is 0. The number of nitrogens with two attached hydrogens (primary N) is 1. The summed E-state index contributed by atoms with van der Waals surface area (Å²) in [5.74, 6) is -0.244. The van der Waals surface area contributed by atoms with Gasteiger partial charge in [0.25, 0.3) is 0 Å². The Hall–Kier alpha value is -0.870. The van der Waals surface area contributed by atoms with E-state index in [2.05, 4.69) is 11.3 Å². The van der Waals surface area contributed by atoms with Crippen molar-refractivity contribution in [3.05, 3.63) is 12.7 Å². The molecule has 0 aromatic rings. The van der Waals surface area contributed by atoms with E-state index in [1.807, 2.05) is 6.08 Å². The minimum Gasteiger partial charge on any atom is -0.469 e. The first-order valence-corrected chi connectivity index (χ1v) is 5.24. The molecule has 0 spiro atoms. The smallest absolute Gasteiger partial charge is 0.308 e. The molecule has 1 saturated heterocycles. The van der Waals surface area contributed by atoms with E-state index in [-0.39, 0.29) is 30.6 Å². The van der Waals surface area contributed by atoms with Crippen molar-refractivity contribution in [3.63, 3.8) is 0 Å². The van der Waals surface area contributed by atoms with Crippen LogP contribution >= 0.6 is 0 Å². The van der Waals surface area contributed by atoms with Crippen molar-refractivity contribution in [2.75, 3.05) is 7.11 Å². The average molecular weight is 213 g/mol. The number of rotatable bonds is 4. The molecular weight excluding hydrogens is 194 g/mol. The molecule has 1 rings (SSSR count). The van der Waals surface area contributed by atoms with E-state index in [1.165, 1.54) is 7.11 Å². The molecule has 15 heavy (non-hydrogen) atoms. The highest BCUT2D eigenvalue weighted by Gasteiger charge is 2.28. The van der Waals surface area contributed by atoms with Gasteiger partial charge in [-0.15, -0.1) is 6.58 Å². The van der Waals surface area contributed by atoms with Gasteiger partial charge in [0.05, 0.1) is 25.7 Å². The van der Waals surface area contributed by atoms with Crippen LogP contribution in [0.25, 0.3) is 0 Å². The van der Waals surface area contributed by atoms with Gasteiger partial charge in [-0.3, -0.25) is 4.79 Å². The lowest BCUT2D eigenvalue weighted by molar-refractivity contribution is -0.147. The fraction of sp³-hybridized carbons (Fsp3) is 0.727. The lowest BCUT2D eigenvalue weighted by atomic mass is 9.96. The molecule has 0 radical (unpaired) electrons. The van der Waals surface area contributed by atoms with E-state index >= 15 is 0 Å². The monoisotopic (exact) mass is 213 g/mol. The van der Waals surface area contributed by atoms with Crippen molar-refractivity contribution in [2.45, 2.75) is 43.9 Å². The molecule has 1 fully saturated rings. The predicted octanol–water partition coefficient (Wildman–Crippen LogP) is 1.00. The second-order valence-electron chi connectivity index (χ2n) is 3.92. The SMILES string of the molecule is C=CC[C@H]1C[C@H](N)C[C@@H](CC(=O)OC)O1. The van der Waals surface area contributed by atoms with Crippen LogP contribution in [-0.4, -0.2) is 31.3 Å². The maximum Gasteiger partial charge on any atom is 0.308 e. The molecular formula is C11H19NO3. The molecule has 4 heteroatoms. The lowest BCUT2D eigenvalue weighted by Crippen LogP contribution is -2.40. The third-order valence-corrected chi connectivity index (χ3v) is 2.57. The molecule has 1 heterocycles. The Morgan fingerprint density at radius 1 is 1.60 bits per heavy atom. The van der Waals surface area contributed by atoms with E-state index in [4.69, 9.17) is 10.5 Å². The molecule has 1 aliphatic heterocycles. The normalized spacial score (nSPS) is 30.9. The van der Waals surface area contributed by atoms with Crippen molar-refractivity contribution in [2.24, 2.45) is 5.73 Å².